The third-order valence-corrected chi connectivity index (χ3v) is 7.66. The number of hydrogen-bond acceptors (Lipinski definition) is 4. The molecule has 0 unspecified atom stereocenters. The Morgan fingerprint density at radius 1 is 0.973 bits per heavy atom. The summed E-state index contributed by atoms with van der Waals surface area (Å²) in [5.41, 5.74) is 2.09. The Labute approximate surface area is 218 Å². The maximum Gasteiger partial charge on any atom is 0.264 e. The lowest BCUT2D eigenvalue weighted by molar-refractivity contribution is -0.139. The molecular weight excluding hydrogens is 493 g/mol. The van der Waals surface area contributed by atoms with Gasteiger partial charge in [-0.1, -0.05) is 55.0 Å². The van der Waals surface area contributed by atoms with E-state index in [0.29, 0.717) is 6.54 Å². The van der Waals surface area contributed by atoms with Gasteiger partial charge in [0.2, 0.25) is 11.8 Å². The maximum absolute atomic E-state index is 13.7. The van der Waals surface area contributed by atoms with Crippen LogP contribution in [0.4, 0.5) is 10.1 Å². The van der Waals surface area contributed by atoms with E-state index in [2.05, 4.69) is 5.32 Å². The number of nitrogens with one attached hydrogen (secondary N) is 1. The third-order valence-electron chi connectivity index (χ3n) is 5.88. The van der Waals surface area contributed by atoms with E-state index in [4.69, 9.17) is 0 Å². The SMILES string of the molecule is CCCNC(=O)[C@@H](C)N(Cc1cccc(C)c1)C(=O)CN(c1ccccc1)S(=O)(=O)c1ccc(F)cc1. The topological polar surface area (TPSA) is 86.8 Å². The van der Waals surface area contributed by atoms with Crippen LogP contribution < -0.4 is 9.62 Å². The van der Waals surface area contributed by atoms with Crippen molar-refractivity contribution >= 4 is 27.5 Å². The van der Waals surface area contributed by atoms with Crippen molar-refractivity contribution in [2.24, 2.45) is 0 Å². The fraction of sp³-hybridized carbons (Fsp3) is 0.286. The number of carbonyl (C=O) groups excluding carboxylic acids is 2. The number of nitrogens with zero attached hydrogens (tertiary/aromatic N) is 2. The number of hydrogen-bond donors (Lipinski definition) is 1. The number of anilines is 1. The van der Waals surface area contributed by atoms with E-state index >= 15 is 0 Å². The van der Waals surface area contributed by atoms with Crippen LogP contribution in [0.3, 0.4) is 0 Å². The van der Waals surface area contributed by atoms with Crippen LogP contribution in [-0.2, 0) is 26.2 Å². The third kappa shape index (κ3) is 7.16. The first-order valence-electron chi connectivity index (χ1n) is 12.1. The zero-order chi connectivity index (χ0) is 27.0. The van der Waals surface area contributed by atoms with Gasteiger partial charge in [0.15, 0.2) is 0 Å². The minimum absolute atomic E-state index is 0.125. The Morgan fingerprint density at radius 3 is 2.27 bits per heavy atom. The summed E-state index contributed by atoms with van der Waals surface area (Å²) in [4.78, 5) is 27.8. The smallest absolute Gasteiger partial charge is 0.264 e. The van der Waals surface area contributed by atoms with Crippen LogP contribution in [0.2, 0.25) is 0 Å². The van der Waals surface area contributed by atoms with Gasteiger partial charge in [0, 0.05) is 13.1 Å². The van der Waals surface area contributed by atoms with Gasteiger partial charge in [0.25, 0.3) is 10.0 Å². The number of carbonyl (C=O) groups is 2. The molecule has 0 radical (unpaired) electrons. The molecule has 0 spiro atoms. The molecule has 7 nitrogen and oxygen atoms in total. The van der Waals surface area contributed by atoms with Crippen LogP contribution >= 0.6 is 0 Å². The zero-order valence-electron chi connectivity index (χ0n) is 21.2. The number of aryl methyl sites for hydroxylation is 1. The first-order valence-corrected chi connectivity index (χ1v) is 13.5. The lowest BCUT2D eigenvalue weighted by Gasteiger charge is -2.32. The second kappa shape index (κ2) is 12.5. The molecular formula is C28H32FN3O4S. The molecule has 0 bridgehead atoms. The monoisotopic (exact) mass is 525 g/mol. The van der Waals surface area contributed by atoms with Gasteiger partial charge >= 0.3 is 0 Å². The van der Waals surface area contributed by atoms with Gasteiger partial charge in [0.1, 0.15) is 18.4 Å². The van der Waals surface area contributed by atoms with Crippen molar-refractivity contribution in [3.63, 3.8) is 0 Å². The van der Waals surface area contributed by atoms with Gasteiger partial charge < -0.3 is 10.2 Å². The van der Waals surface area contributed by atoms with Gasteiger partial charge in [-0.2, -0.15) is 0 Å². The Bertz CT molecular complexity index is 1310. The first kappa shape index (κ1) is 27.9. The summed E-state index contributed by atoms with van der Waals surface area (Å²) < 4.78 is 41.7. The summed E-state index contributed by atoms with van der Waals surface area (Å²) in [6.07, 6.45) is 0.738. The molecule has 196 valence electrons. The maximum atomic E-state index is 13.7. The molecule has 0 heterocycles. The summed E-state index contributed by atoms with van der Waals surface area (Å²) >= 11 is 0. The summed E-state index contributed by atoms with van der Waals surface area (Å²) in [5.74, 6) is -1.44. The predicted molar refractivity (Wildman–Crippen MR) is 142 cm³/mol. The largest absolute Gasteiger partial charge is 0.354 e. The van der Waals surface area contributed by atoms with Crippen molar-refractivity contribution in [2.45, 2.75) is 44.7 Å². The summed E-state index contributed by atoms with van der Waals surface area (Å²) in [6, 6.07) is 19.4. The molecule has 9 heteroatoms. The average molecular weight is 526 g/mol. The number of amides is 2. The van der Waals surface area contributed by atoms with Crippen molar-refractivity contribution in [2.75, 3.05) is 17.4 Å². The second-order valence-electron chi connectivity index (χ2n) is 8.78. The van der Waals surface area contributed by atoms with Gasteiger partial charge in [-0.25, -0.2) is 12.8 Å². The standard InChI is InChI=1S/C28H32FN3O4S/c1-4-17-30-28(34)22(3)31(19-23-10-8-9-21(2)18-23)27(33)20-32(25-11-6-5-7-12-25)37(35,36)26-15-13-24(29)14-16-26/h5-16,18,22H,4,17,19-20H2,1-3H3,(H,30,34)/t22-/m1/s1. The summed E-state index contributed by atoms with van der Waals surface area (Å²) in [5, 5.41) is 2.81. The minimum Gasteiger partial charge on any atom is -0.354 e. The van der Waals surface area contributed by atoms with Gasteiger partial charge in [0.05, 0.1) is 10.6 Å². The van der Waals surface area contributed by atoms with E-state index in [1.165, 1.54) is 4.90 Å². The molecule has 0 saturated heterocycles. The average Bonchev–Trinajstić information content (AvgIpc) is 2.89. The number of halogens is 1. The fourth-order valence-corrected chi connectivity index (χ4v) is 5.26. The molecule has 0 aliphatic carbocycles. The molecule has 0 aliphatic heterocycles. The Morgan fingerprint density at radius 2 is 1.65 bits per heavy atom. The molecule has 2 amide bonds. The molecule has 0 saturated carbocycles. The van der Waals surface area contributed by atoms with E-state index < -0.39 is 34.3 Å². The normalized spacial score (nSPS) is 12.0. The van der Waals surface area contributed by atoms with E-state index in [1.54, 1.807) is 37.3 Å². The Kier molecular flexibility index (Phi) is 9.41. The Hall–Kier alpha value is -3.72. The molecule has 0 fully saturated rings. The molecule has 0 aliphatic rings. The lowest BCUT2D eigenvalue weighted by atomic mass is 10.1. The van der Waals surface area contributed by atoms with E-state index in [-0.39, 0.29) is 23.0 Å². The highest BCUT2D eigenvalue weighted by Crippen LogP contribution is 2.24. The number of rotatable bonds is 11. The molecule has 3 rings (SSSR count). The molecule has 3 aromatic carbocycles. The first-order chi connectivity index (χ1) is 17.6. The van der Waals surface area contributed by atoms with Crippen molar-refractivity contribution in [3.8, 4) is 0 Å². The highest BCUT2D eigenvalue weighted by Gasteiger charge is 2.32. The van der Waals surface area contributed by atoms with Crippen LogP contribution in [0, 0.1) is 12.7 Å². The number of para-hydroxylation sites is 1. The zero-order valence-corrected chi connectivity index (χ0v) is 22.0. The van der Waals surface area contributed by atoms with Crippen molar-refractivity contribution in [3.05, 3.63) is 95.8 Å². The van der Waals surface area contributed by atoms with E-state index in [1.807, 2.05) is 38.1 Å². The van der Waals surface area contributed by atoms with Crippen LogP contribution in [0.5, 0.6) is 0 Å². The highest BCUT2D eigenvalue weighted by molar-refractivity contribution is 7.92. The van der Waals surface area contributed by atoms with Gasteiger partial charge in [-0.15, -0.1) is 0 Å². The van der Waals surface area contributed by atoms with Crippen molar-refractivity contribution < 1.29 is 22.4 Å². The van der Waals surface area contributed by atoms with Gasteiger partial charge in [-0.3, -0.25) is 13.9 Å². The van der Waals surface area contributed by atoms with Crippen LogP contribution in [0.1, 0.15) is 31.4 Å². The highest BCUT2D eigenvalue weighted by atomic mass is 32.2. The van der Waals surface area contributed by atoms with Crippen molar-refractivity contribution in [1.82, 2.24) is 10.2 Å². The summed E-state index contributed by atoms with van der Waals surface area (Å²) in [7, 11) is -4.22. The Balaban J connectivity index is 1.99. The fourth-order valence-electron chi connectivity index (χ4n) is 3.84. The molecule has 1 atom stereocenters. The van der Waals surface area contributed by atoms with Crippen LogP contribution in [-0.4, -0.2) is 44.3 Å². The molecule has 3 aromatic rings. The second-order valence-corrected chi connectivity index (χ2v) is 10.6. The van der Waals surface area contributed by atoms with Crippen molar-refractivity contribution in [1.29, 1.82) is 0 Å². The van der Waals surface area contributed by atoms with E-state index in [9.17, 15) is 22.4 Å². The summed E-state index contributed by atoms with van der Waals surface area (Å²) in [6.45, 7) is 5.53. The van der Waals surface area contributed by atoms with Crippen LogP contribution in [0.25, 0.3) is 0 Å². The predicted octanol–water partition coefficient (Wildman–Crippen LogP) is 4.27. The molecule has 1 N–H and O–H groups in total. The molecule has 37 heavy (non-hydrogen) atoms. The minimum atomic E-state index is -4.22. The number of benzene rings is 3. The van der Waals surface area contributed by atoms with Crippen LogP contribution in [0.15, 0.2) is 83.8 Å². The van der Waals surface area contributed by atoms with E-state index in [0.717, 1.165) is 46.1 Å². The quantitative estimate of drug-likeness (QED) is 0.405. The lowest BCUT2D eigenvalue weighted by Crippen LogP contribution is -2.51. The van der Waals surface area contributed by atoms with Gasteiger partial charge in [-0.05, 0) is 62.2 Å². The number of sulfonamides is 1. The molecule has 0 aromatic heterocycles.